The predicted molar refractivity (Wildman–Crippen MR) is 64.1 cm³/mol. The second-order valence-electron chi connectivity index (χ2n) is 4.49. The first-order valence-electron chi connectivity index (χ1n) is 5.81. The van der Waals surface area contributed by atoms with Gasteiger partial charge in [0.05, 0.1) is 0 Å². The highest BCUT2D eigenvalue weighted by Crippen LogP contribution is 2.48. The molecule has 0 aliphatic rings. The van der Waals surface area contributed by atoms with Crippen LogP contribution in [0, 0.1) is 11.6 Å². The lowest BCUT2D eigenvalue weighted by atomic mass is 9.87. The van der Waals surface area contributed by atoms with Crippen LogP contribution in [0.1, 0.15) is 11.1 Å². The molecule has 0 aliphatic heterocycles. The van der Waals surface area contributed by atoms with E-state index in [1.807, 2.05) is 0 Å². The van der Waals surface area contributed by atoms with Gasteiger partial charge >= 0.3 is 6.18 Å². The van der Waals surface area contributed by atoms with Crippen molar-refractivity contribution in [3.63, 3.8) is 0 Å². The molecule has 0 aromatic heterocycles. The maximum atomic E-state index is 14.8. The van der Waals surface area contributed by atoms with E-state index >= 15 is 0 Å². The molecule has 0 saturated carbocycles. The number of rotatable bonds is 2. The highest BCUT2D eigenvalue weighted by atomic mass is 19.4. The van der Waals surface area contributed by atoms with E-state index in [0.29, 0.717) is 24.3 Å². The van der Waals surface area contributed by atoms with E-state index in [1.165, 1.54) is 0 Å². The highest BCUT2D eigenvalue weighted by molar-refractivity contribution is 5.43. The Morgan fingerprint density at radius 1 is 0.682 bits per heavy atom. The molecule has 0 amide bonds. The summed E-state index contributed by atoms with van der Waals surface area (Å²) in [4.78, 5) is 0. The van der Waals surface area contributed by atoms with Crippen LogP contribution in [0.25, 0.3) is 0 Å². The van der Waals surface area contributed by atoms with Crippen LogP contribution < -0.4 is 0 Å². The number of alkyl halides is 4. The molecule has 2 nitrogen and oxygen atoms in total. The number of phenolic OH excluding ortho intramolecular Hbond substituents is 2. The molecular formula is C14H8F6O2. The molecule has 0 heterocycles. The Morgan fingerprint density at radius 2 is 1.05 bits per heavy atom. The van der Waals surface area contributed by atoms with Crippen LogP contribution in [0.15, 0.2) is 36.4 Å². The van der Waals surface area contributed by atoms with Crippen molar-refractivity contribution in [2.45, 2.75) is 11.8 Å². The molecule has 0 spiro atoms. The largest absolute Gasteiger partial charge is 0.505 e. The van der Waals surface area contributed by atoms with E-state index in [0.717, 1.165) is 0 Å². The van der Waals surface area contributed by atoms with Crippen molar-refractivity contribution in [2.24, 2.45) is 0 Å². The molecule has 118 valence electrons. The van der Waals surface area contributed by atoms with Gasteiger partial charge in [0.25, 0.3) is 5.67 Å². The third-order valence-electron chi connectivity index (χ3n) is 3.08. The summed E-state index contributed by atoms with van der Waals surface area (Å²) < 4.78 is 80.9. The van der Waals surface area contributed by atoms with Crippen LogP contribution in [0.3, 0.4) is 0 Å². The molecule has 2 rings (SSSR count). The lowest BCUT2D eigenvalue weighted by molar-refractivity contribution is -0.219. The smallest absolute Gasteiger partial charge is 0.431 e. The molecule has 0 unspecified atom stereocenters. The van der Waals surface area contributed by atoms with Crippen LogP contribution in [0.5, 0.6) is 11.5 Å². The molecule has 2 aromatic carbocycles. The maximum Gasteiger partial charge on any atom is 0.431 e. The molecule has 0 fully saturated rings. The second-order valence-corrected chi connectivity index (χ2v) is 4.49. The van der Waals surface area contributed by atoms with Gasteiger partial charge in [-0.2, -0.15) is 13.2 Å². The van der Waals surface area contributed by atoms with E-state index in [1.54, 1.807) is 0 Å². The van der Waals surface area contributed by atoms with E-state index in [2.05, 4.69) is 0 Å². The second kappa shape index (κ2) is 5.11. The van der Waals surface area contributed by atoms with Crippen LogP contribution in [-0.2, 0) is 5.67 Å². The van der Waals surface area contributed by atoms with Gasteiger partial charge in [-0.3, -0.25) is 0 Å². The lowest BCUT2D eigenvalue weighted by Crippen LogP contribution is -2.39. The molecule has 0 aliphatic carbocycles. The fourth-order valence-electron chi connectivity index (χ4n) is 1.94. The van der Waals surface area contributed by atoms with Crippen LogP contribution in [0.2, 0.25) is 0 Å². The van der Waals surface area contributed by atoms with E-state index in [-0.39, 0.29) is 12.1 Å². The van der Waals surface area contributed by atoms with Gasteiger partial charge in [0.2, 0.25) is 0 Å². The maximum absolute atomic E-state index is 14.8. The number of halogens is 6. The van der Waals surface area contributed by atoms with Crippen molar-refractivity contribution in [3.05, 3.63) is 59.2 Å². The zero-order chi connectivity index (χ0) is 16.7. The molecule has 2 N–H and O–H groups in total. The summed E-state index contributed by atoms with van der Waals surface area (Å²) in [5, 5.41) is 18.0. The Kier molecular flexibility index (Phi) is 3.72. The van der Waals surface area contributed by atoms with Gasteiger partial charge in [-0.05, 0) is 24.3 Å². The fraction of sp³-hybridized carbons (Fsp3) is 0.143. The zero-order valence-electron chi connectivity index (χ0n) is 10.6. The molecule has 8 heteroatoms. The number of aromatic hydroxyl groups is 2. The number of phenols is 2. The molecular weight excluding hydrogens is 314 g/mol. The van der Waals surface area contributed by atoms with Crippen molar-refractivity contribution in [3.8, 4) is 11.5 Å². The Labute approximate surface area is 120 Å². The third kappa shape index (κ3) is 2.44. The summed E-state index contributed by atoms with van der Waals surface area (Å²) in [6.07, 6.45) is -5.53. The summed E-state index contributed by atoms with van der Waals surface area (Å²) >= 11 is 0. The van der Waals surface area contributed by atoms with E-state index in [9.17, 15) is 26.3 Å². The summed E-state index contributed by atoms with van der Waals surface area (Å²) in [5.41, 5.74) is -6.54. The topological polar surface area (TPSA) is 40.5 Å². The first-order valence-corrected chi connectivity index (χ1v) is 5.81. The number of hydrogen-bond donors (Lipinski definition) is 2. The Morgan fingerprint density at radius 3 is 1.32 bits per heavy atom. The van der Waals surface area contributed by atoms with Gasteiger partial charge in [-0.25, -0.2) is 13.2 Å². The van der Waals surface area contributed by atoms with Crippen LogP contribution >= 0.6 is 0 Å². The summed E-state index contributed by atoms with van der Waals surface area (Å²) in [5.74, 6) is -4.82. The monoisotopic (exact) mass is 322 g/mol. The molecule has 22 heavy (non-hydrogen) atoms. The van der Waals surface area contributed by atoms with Crippen molar-refractivity contribution >= 4 is 0 Å². The standard InChI is InChI=1S/C14H8F6O2/c15-9-5-7(1-3-11(9)21)13(17,14(18,19)20)8-2-4-12(22)10(16)6-8/h1-6,21-22H. The minimum absolute atomic E-state index is 0.174. The highest BCUT2D eigenvalue weighted by Gasteiger charge is 2.59. The zero-order valence-corrected chi connectivity index (χ0v) is 10.6. The summed E-state index contributed by atoms with van der Waals surface area (Å²) in [6, 6.07) is 2.54. The average molecular weight is 322 g/mol. The fourth-order valence-corrected chi connectivity index (χ4v) is 1.94. The molecule has 0 radical (unpaired) electrons. The van der Waals surface area contributed by atoms with Gasteiger partial charge in [0.1, 0.15) is 0 Å². The van der Waals surface area contributed by atoms with Gasteiger partial charge in [0, 0.05) is 11.1 Å². The Balaban J connectivity index is 2.72. The minimum Gasteiger partial charge on any atom is -0.505 e. The van der Waals surface area contributed by atoms with Crippen LogP contribution in [0.4, 0.5) is 26.3 Å². The molecule has 0 atom stereocenters. The predicted octanol–water partition coefficient (Wildman–Crippen LogP) is 4.15. The van der Waals surface area contributed by atoms with Crippen molar-refractivity contribution < 1.29 is 36.6 Å². The Bertz CT molecular complexity index is 659. The summed E-state index contributed by atoms with van der Waals surface area (Å²) in [6.45, 7) is 0. The first-order chi connectivity index (χ1) is 10.1. The molecule has 2 aromatic rings. The quantitative estimate of drug-likeness (QED) is 0.816. The van der Waals surface area contributed by atoms with Gasteiger partial charge in [-0.1, -0.05) is 12.1 Å². The van der Waals surface area contributed by atoms with Gasteiger partial charge in [-0.15, -0.1) is 0 Å². The van der Waals surface area contributed by atoms with Crippen molar-refractivity contribution in [2.75, 3.05) is 0 Å². The molecule has 0 bridgehead atoms. The third-order valence-corrected chi connectivity index (χ3v) is 3.08. The van der Waals surface area contributed by atoms with Gasteiger partial charge < -0.3 is 10.2 Å². The molecule has 0 saturated heterocycles. The van der Waals surface area contributed by atoms with E-state index in [4.69, 9.17) is 10.2 Å². The lowest BCUT2D eigenvalue weighted by Gasteiger charge is -2.29. The SMILES string of the molecule is Oc1ccc(C(F)(c2ccc(O)c(F)c2)C(F)(F)F)cc1F. The minimum atomic E-state index is -5.53. The number of hydrogen-bond acceptors (Lipinski definition) is 2. The first kappa shape index (κ1) is 16.0. The van der Waals surface area contributed by atoms with Crippen molar-refractivity contribution in [1.82, 2.24) is 0 Å². The average Bonchev–Trinajstić information content (AvgIpc) is 2.42. The summed E-state index contributed by atoms with van der Waals surface area (Å²) in [7, 11) is 0. The van der Waals surface area contributed by atoms with Gasteiger partial charge in [0.15, 0.2) is 23.1 Å². The number of benzene rings is 2. The van der Waals surface area contributed by atoms with Crippen molar-refractivity contribution in [1.29, 1.82) is 0 Å². The van der Waals surface area contributed by atoms with E-state index < -0.39 is 46.1 Å². The van der Waals surface area contributed by atoms with Crippen LogP contribution in [-0.4, -0.2) is 16.4 Å². The Hall–Kier alpha value is -2.38. The normalized spacial score (nSPS) is 12.5.